The van der Waals surface area contributed by atoms with Crippen LogP contribution >= 0.6 is 11.3 Å². The third-order valence-corrected chi connectivity index (χ3v) is 8.27. The number of nitrogens with zero attached hydrogens (tertiary/aromatic N) is 3. The Morgan fingerprint density at radius 1 is 1.00 bits per heavy atom. The first-order chi connectivity index (χ1) is 19.7. The molecule has 0 amide bonds. The molecule has 0 unspecified atom stereocenters. The van der Waals surface area contributed by atoms with Crippen molar-refractivity contribution in [3.8, 4) is 17.2 Å². The van der Waals surface area contributed by atoms with Crippen molar-refractivity contribution in [2.75, 3.05) is 20.8 Å². The maximum atomic E-state index is 14.1. The zero-order valence-electron chi connectivity index (χ0n) is 24.3. The van der Waals surface area contributed by atoms with Crippen LogP contribution in [0.4, 0.5) is 0 Å². The number of allylic oxidation sites excluding steroid dienone is 1. The van der Waals surface area contributed by atoms with Crippen molar-refractivity contribution in [1.82, 2.24) is 9.13 Å². The molecule has 0 fully saturated rings. The molecule has 2 aromatic carbocycles. The van der Waals surface area contributed by atoms with Gasteiger partial charge in [-0.3, -0.25) is 9.36 Å². The molecule has 2 aromatic heterocycles. The number of aryl methyl sites for hydroxylation is 2. The van der Waals surface area contributed by atoms with Crippen molar-refractivity contribution in [3.05, 3.63) is 108 Å². The Morgan fingerprint density at radius 3 is 2.37 bits per heavy atom. The summed E-state index contributed by atoms with van der Waals surface area (Å²) in [4.78, 5) is 32.5. The van der Waals surface area contributed by atoms with Gasteiger partial charge < -0.3 is 18.8 Å². The Hall–Kier alpha value is -4.37. The maximum absolute atomic E-state index is 14.1. The fourth-order valence-corrected chi connectivity index (χ4v) is 6.33. The van der Waals surface area contributed by atoms with E-state index < -0.39 is 12.0 Å². The third kappa shape index (κ3) is 5.02. The normalized spacial score (nSPS) is 15.0. The van der Waals surface area contributed by atoms with Gasteiger partial charge in [0.2, 0.25) is 0 Å². The minimum absolute atomic E-state index is 0.204. The van der Waals surface area contributed by atoms with Gasteiger partial charge in [0.15, 0.2) is 16.3 Å². The topological polar surface area (TPSA) is 84.1 Å². The smallest absolute Gasteiger partial charge is 0.338 e. The molecule has 1 aliphatic heterocycles. The zero-order chi connectivity index (χ0) is 29.4. The summed E-state index contributed by atoms with van der Waals surface area (Å²) in [5.41, 5.74) is 6.56. The first-order valence-corrected chi connectivity index (χ1v) is 14.2. The molecule has 0 radical (unpaired) electrons. The van der Waals surface area contributed by atoms with Gasteiger partial charge in [0.25, 0.3) is 5.56 Å². The second-order valence-electron chi connectivity index (χ2n) is 9.91. The van der Waals surface area contributed by atoms with Crippen LogP contribution in [0.1, 0.15) is 48.0 Å². The number of carbonyl (C=O) groups excluding carboxylic acids is 1. The predicted octanol–water partition coefficient (Wildman–Crippen LogP) is 4.53. The highest BCUT2D eigenvalue weighted by atomic mass is 32.1. The fourth-order valence-electron chi connectivity index (χ4n) is 5.30. The van der Waals surface area contributed by atoms with Gasteiger partial charge >= 0.3 is 5.97 Å². The molecule has 8 nitrogen and oxygen atoms in total. The molecule has 0 aliphatic carbocycles. The standard InChI is InChI=1S/C32H33N3O5S/c1-8-40-31(37)28-20(4)33-32-35(29(28)22-11-14-25(38-6)26(16-22)39-7)30(36)27(41-32)17-23-15-19(3)34(21(23)5)24-12-9-18(2)10-13-24/h9-17,29H,8H2,1-7H3/b27-17-/t29-/m0/s1. The molecule has 0 spiro atoms. The van der Waals surface area contributed by atoms with Crippen LogP contribution in [0, 0.1) is 20.8 Å². The Balaban J connectivity index is 1.70. The molecular formula is C32H33N3O5S. The summed E-state index contributed by atoms with van der Waals surface area (Å²) in [5.74, 6) is 0.531. The van der Waals surface area contributed by atoms with E-state index in [0.29, 0.717) is 37.7 Å². The van der Waals surface area contributed by atoms with E-state index >= 15 is 0 Å². The zero-order valence-corrected chi connectivity index (χ0v) is 25.1. The van der Waals surface area contributed by atoms with Gasteiger partial charge in [-0.05, 0) is 82.2 Å². The summed E-state index contributed by atoms with van der Waals surface area (Å²) in [6.45, 7) is 9.89. The Bertz CT molecular complexity index is 1860. The lowest BCUT2D eigenvalue weighted by Gasteiger charge is -2.25. The van der Waals surface area contributed by atoms with Crippen molar-refractivity contribution >= 4 is 23.4 Å². The quantitative estimate of drug-likeness (QED) is 0.305. The summed E-state index contributed by atoms with van der Waals surface area (Å²) in [6, 6.07) is 15.1. The number of fused-ring (bicyclic) bond motifs is 1. The van der Waals surface area contributed by atoms with E-state index in [1.807, 2.05) is 19.1 Å². The van der Waals surface area contributed by atoms with Gasteiger partial charge in [-0.15, -0.1) is 0 Å². The van der Waals surface area contributed by atoms with E-state index in [-0.39, 0.29) is 12.2 Å². The van der Waals surface area contributed by atoms with Crippen LogP contribution in [0.5, 0.6) is 11.5 Å². The second kappa shape index (κ2) is 11.2. The molecule has 4 aromatic rings. The van der Waals surface area contributed by atoms with E-state index in [1.165, 1.54) is 16.9 Å². The molecule has 1 atom stereocenters. The molecule has 3 heterocycles. The molecule has 9 heteroatoms. The lowest BCUT2D eigenvalue weighted by molar-refractivity contribution is -0.139. The fraction of sp³-hybridized carbons (Fsp3) is 0.281. The summed E-state index contributed by atoms with van der Waals surface area (Å²) < 4.78 is 20.6. The van der Waals surface area contributed by atoms with Gasteiger partial charge in [-0.2, -0.15) is 0 Å². The molecule has 0 saturated heterocycles. The van der Waals surface area contributed by atoms with Crippen molar-refractivity contribution in [2.24, 2.45) is 4.99 Å². The van der Waals surface area contributed by atoms with E-state index in [0.717, 1.165) is 22.6 Å². The number of aromatic nitrogens is 2. The number of hydrogen-bond acceptors (Lipinski definition) is 7. The summed E-state index contributed by atoms with van der Waals surface area (Å²) in [7, 11) is 3.11. The first-order valence-electron chi connectivity index (χ1n) is 13.4. The lowest BCUT2D eigenvalue weighted by Crippen LogP contribution is -2.40. The molecule has 0 bridgehead atoms. The third-order valence-electron chi connectivity index (χ3n) is 7.29. The van der Waals surface area contributed by atoms with Gasteiger partial charge in [-0.1, -0.05) is 35.1 Å². The van der Waals surface area contributed by atoms with Gasteiger partial charge in [0, 0.05) is 17.1 Å². The van der Waals surface area contributed by atoms with Crippen LogP contribution < -0.4 is 24.4 Å². The number of thiazole rings is 1. The van der Waals surface area contributed by atoms with E-state index in [1.54, 1.807) is 44.8 Å². The highest BCUT2D eigenvalue weighted by molar-refractivity contribution is 7.07. The van der Waals surface area contributed by atoms with E-state index in [4.69, 9.17) is 14.2 Å². The maximum Gasteiger partial charge on any atom is 0.338 e. The van der Waals surface area contributed by atoms with Crippen LogP contribution in [0.15, 0.2) is 69.6 Å². The van der Waals surface area contributed by atoms with Crippen LogP contribution in [0.25, 0.3) is 11.8 Å². The summed E-state index contributed by atoms with van der Waals surface area (Å²) in [6.07, 6.45) is 1.91. The van der Waals surface area contributed by atoms with Crippen LogP contribution in [-0.2, 0) is 9.53 Å². The molecule has 0 N–H and O–H groups in total. The Kier molecular flexibility index (Phi) is 7.73. The van der Waals surface area contributed by atoms with Gasteiger partial charge in [-0.25, -0.2) is 9.79 Å². The average molecular weight is 572 g/mol. The summed E-state index contributed by atoms with van der Waals surface area (Å²) >= 11 is 1.30. The van der Waals surface area contributed by atoms with Crippen molar-refractivity contribution < 1.29 is 19.0 Å². The minimum Gasteiger partial charge on any atom is -0.493 e. The number of esters is 1. The molecular weight excluding hydrogens is 538 g/mol. The number of ether oxygens (including phenoxy) is 3. The molecule has 1 aliphatic rings. The Morgan fingerprint density at radius 2 is 1.71 bits per heavy atom. The number of methoxy groups -OCH3 is 2. The molecule has 212 valence electrons. The largest absolute Gasteiger partial charge is 0.493 e. The monoisotopic (exact) mass is 571 g/mol. The number of carbonyl (C=O) groups is 1. The van der Waals surface area contributed by atoms with E-state index in [2.05, 4.69) is 53.7 Å². The van der Waals surface area contributed by atoms with Gasteiger partial charge in [0.1, 0.15) is 0 Å². The SMILES string of the molecule is CCOC(=O)C1=C(C)N=c2s/c(=C\c3cc(C)n(-c4ccc(C)cc4)c3C)c(=O)n2[C@H]1c1ccc(OC)c(OC)c1. The highest BCUT2D eigenvalue weighted by Gasteiger charge is 2.34. The number of benzene rings is 2. The van der Waals surface area contributed by atoms with Gasteiger partial charge in [0.05, 0.1) is 42.7 Å². The predicted molar refractivity (Wildman–Crippen MR) is 160 cm³/mol. The van der Waals surface area contributed by atoms with Crippen LogP contribution in [-0.4, -0.2) is 35.9 Å². The second-order valence-corrected chi connectivity index (χ2v) is 10.9. The molecule has 5 rings (SSSR count). The van der Waals surface area contributed by atoms with Crippen LogP contribution in [0.2, 0.25) is 0 Å². The minimum atomic E-state index is -0.743. The van der Waals surface area contributed by atoms with Crippen molar-refractivity contribution in [2.45, 2.75) is 40.7 Å². The average Bonchev–Trinajstić information content (AvgIpc) is 3.41. The molecule has 0 saturated carbocycles. The van der Waals surface area contributed by atoms with E-state index in [9.17, 15) is 9.59 Å². The number of hydrogen-bond donors (Lipinski definition) is 0. The van der Waals surface area contributed by atoms with Crippen LogP contribution in [0.3, 0.4) is 0 Å². The Labute approximate surface area is 242 Å². The summed E-state index contributed by atoms with van der Waals surface area (Å²) in [5, 5.41) is 0. The first kappa shape index (κ1) is 28.2. The highest BCUT2D eigenvalue weighted by Crippen LogP contribution is 2.36. The number of rotatable bonds is 7. The van der Waals surface area contributed by atoms with Crippen molar-refractivity contribution in [3.63, 3.8) is 0 Å². The van der Waals surface area contributed by atoms with Crippen molar-refractivity contribution in [1.29, 1.82) is 0 Å². The lowest BCUT2D eigenvalue weighted by atomic mass is 9.95. The molecule has 41 heavy (non-hydrogen) atoms.